The van der Waals surface area contributed by atoms with Crippen molar-refractivity contribution in [3.8, 4) is 5.75 Å². The molecule has 172 valence electrons. The average Bonchev–Trinajstić information content (AvgIpc) is 2.86. The van der Waals surface area contributed by atoms with Crippen molar-refractivity contribution in [3.05, 3.63) is 102 Å². The van der Waals surface area contributed by atoms with E-state index in [2.05, 4.69) is 5.32 Å². The highest BCUT2D eigenvalue weighted by atomic mass is 16.5. The molecule has 5 heteroatoms. The summed E-state index contributed by atoms with van der Waals surface area (Å²) < 4.78 is 5.26. The van der Waals surface area contributed by atoms with E-state index in [1.807, 2.05) is 91.9 Å². The maximum atomic E-state index is 13.6. The summed E-state index contributed by atoms with van der Waals surface area (Å²) in [6.07, 6.45) is 1.52. The van der Waals surface area contributed by atoms with Crippen LogP contribution in [0.4, 0.5) is 0 Å². The number of methoxy groups -OCH3 is 1. The normalized spacial score (nSPS) is 11.5. The van der Waals surface area contributed by atoms with E-state index in [0.29, 0.717) is 19.5 Å². The third kappa shape index (κ3) is 7.21. The molecule has 1 unspecified atom stereocenters. The van der Waals surface area contributed by atoms with Gasteiger partial charge >= 0.3 is 0 Å². The minimum atomic E-state index is -0.614. The first-order valence-electron chi connectivity index (χ1n) is 11.4. The molecule has 3 aromatic carbocycles. The fraction of sp³-hybridized carbons (Fsp3) is 0.286. The van der Waals surface area contributed by atoms with Crippen molar-refractivity contribution in [1.82, 2.24) is 10.2 Å². The summed E-state index contributed by atoms with van der Waals surface area (Å²) in [4.78, 5) is 28.6. The molecule has 1 N–H and O–H groups in total. The molecule has 0 saturated carbocycles. The number of nitrogens with zero attached hydrogens (tertiary/aromatic N) is 1. The predicted octanol–water partition coefficient (Wildman–Crippen LogP) is 4.40. The zero-order chi connectivity index (χ0) is 23.5. The summed E-state index contributed by atoms with van der Waals surface area (Å²) in [5.74, 6) is 0.544. The maximum Gasteiger partial charge on any atom is 0.243 e. The average molecular weight is 445 g/mol. The standard InChI is InChI=1S/C28H32N2O3/c1-3-18-29-28(32)26(19-22-10-6-4-7-11-22)30(21-24-14-16-25(33-2)17-15-24)27(31)20-23-12-8-5-9-13-23/h4-17,26H,3,18-21H2,1-2H3,(H,29,32). The van der Waals surface area contributed by atoms with Crippen molar-refractivity contribution in [2.24, 2.45) is 0 Å². The number of benzene rings is 3. The Bertz CT molecular complexity index is 1000. The van der Waals surface area contributed by atoms with Gasteiger partial charge < -0.3 is 15.0 Å². The Hall–Kier alpha value is -3.60. The first kappa shape index (κ1) is 24.1. The Labute approximate surface area is 196 Å². The second kappa shape index (κ2) is 12.4. The molecule has 3 aromatic rings. The fourth-order valence-corrected chi connectivity index (χ4v) is 3.72. The molecule has 1 atom stereocenters. The largest absolute Gasteiger partial charge is 0.497 e. The van der Waals surface area contributed by atoms with Crippen molar-refractivity contribution in [3.63, 3.8) is 0 Å². The quantitative estimate of drug-likeness (QED) is 0.477. The molecular formula is C28H32N2O3. The lowest BCUT2D eigenvalue weighted by Gasteiger charge is -2.31. The molecule has 0 spiro atoms. The number of hydrogen-bond acceptors (Lipinski definition) is 3. The predicted molar refractivity (Wildman–Crippen MR) is 131 cm³/mol. The molecule has 0 aliphatic rings. The minimum Gasteiger partial charge on any atom is -0.497 e. The smallest absolute Gasteiger partial charge is 0.243 e. The molecule has 2 amide bonds. The first-order chi connectivity index (χ1) is 16.1. The third-order valence-electron chi connectivity index (χ3n) is 5.53. The van der Waals surface area contributed by atoms with E-state index in [1.54, 1.807) is 12.0 Å². The summed E-state index contributed by atoms with van der Waals surface area (Å²) >= 11 is 0. The van der Waals surface area contributed by atoms with E-state index in [4.69, 9.17) is 4.74 Å². The Morgan fingerprint density at radius 1 is 0.848 bits per heavy atom. The molecule has 0 aromatic heterocycles. The van der Waals surface area contributed by atoms with Crippen molar-refractivity contribution in [1.29, 1.82) is 0 Å². The Balaban J connectivity index is 1.93. The van der Waals surface area contributed by atoms with Gasteiger partial charge in [-0.1, -0.05) is 79.7 Å². The summed E-state index contributed by atoms with van der Waals surface area (Å²) in [7, 11) is 1.62. The molecule has 0 aliphatic heterocycles. The molecule has 0 heterocycles. The Kier molecular flexibility index (Phi) is 9.07. The van der Waals surface area contributed by atoms with Gasteiger partial charge in [0.25, 0.3) is 0 Å². The molecule has 5 nitrogen and oxygen atoms in total. The van der Waals surface area contributed by atoms with E-state index < -0.39 is 6.04 Å². The maximum absolute atomic E-state index is 13.6. The van der Waals surface area contributed by atoms with Crippen LogP contribution >= 0.6 is 0 Å². The van der Waals surface area contributed by atoms with Crippen LogP contribution in [-0.4, -0.2) is 36.4 Å². The van der Waals surface area contributed by atoms with Crippen LogP contribution in [0.5, 0.6) is 5.75 Å². The first-order valence-corrected chi connectivity index (χ1v) is 11.4. The highest BCUT2D eigenvalue weighted by molar-refractivity contribution is 5.88. The Morgan fingerprint density at radius 2 is 1.45 bits per heavy atom. The number of carbonyl (C=O) groups is 2. The van der Waals surface area contributed by atoms with Crippen LogP contribution in [0, 0.1) is 0 Å². The summed E-state index contributed by atoms with van der Waals surface area (Å²) in [5, 5.41) is 3.00. The second-order valence-corrected chi connectivity index (χ2v) is 8.03. The molecule has 3 rings (SSSR count). The summed E-state index contributed by atoms with van der Waals surface area (Å²) in [5.41, 5.74) is 2.88. The molecule has 0 radical (unpaired) electrons. The lowest BCUT2D eigenvalue weighted by atomic mass is 10.0. The summed E-state index contributed by atoms with van der Waals surface area (Å²) in [6, 6.07) is 26.5. The zero-order valence-corrected chi connectivity index (χ0v) is 19.4. The van der Waals surface area contributed by atoms with Gasteiger partial charge in [0, 0.05) is 19.5 Å². The van der Waals surface area contributed by atoms with E-state index >= 15 is 0 Å². The molecule has 0 fully saturated rings. The van der Waals surface area contributed by atoms with Gasteiger partial charge in [0.15, 0.2) is 0 Å². The topological polar surface area (TPSA) is 58.6 Å². The van der Waals surface area contributed by atoms with Gasteiger partial charge in [-0.15, -0.1) is 0 Å². The monoisotopic (exact) mass is 444 g/mol. The lowest BCUT2D eigenvalue weighted by Crippen LogP contribution is -2.51. The van der Waals surface area contributed by atoms with Crippen LogP contribution in [0.1, 0.15) is 30.0 Å². The van der Waals surface area contributed by atoms with Gasteiger partial charge in [0.1, 0.15) is 11.8 Å². The van der Waals surface area contributed by atoms with E-state index in [1.165, 1.54) is 0 Å². The van der Waals surface area contributed by atoms with Crippen LogP contribution in [0.3, 0.4) is 0 Å². The van der Waals surface area contributed by atoms with Gasteiger partial charge in [-0.2, -0.15) is 0 Å². The number of hydrogen-bond donors (Lipinski definition) is 1. The molecular weight excluding hydrogens is 412 g/mol. The number of ether oxygens (including phenoxy) is 1. The molecule has 0 bridgehead atoms. The lowest BCUT2D eigenvalue weighted by molar-refractivity contribution is -0.140. The SMILES string of the molecule is CCCNC(=O)C(Cc1ccccc1)N(Cc1ccc(OC)cc1)C(=O)Cc1ccccc1. The van der Waals surface area contributed by atoms with Crippen molar-refractivity contribution < 1.29 is 14.3 Å². The van der Waals surface area contributed by atoms with Gasteiger partial charge in [0.05, 0.1) is 13.5 Å². The number of amides is 2. The van der Waals surface area contributed by atoms with Gasteiger partial charge in [-0.3, -0.25) is 9.59 Å². The summed E-state index contributed by atoms with van der Waals surface area (Å²) in [6.45, 7) is 2.93. The van der Waals surface area contributed by atoms with Crippen LogP contribution in [0.25, 0.3) is 0 Å². The molecule has 0 aliphatic carbocycles. The van der Waals surface area contributed by atoms with E-state index in [9.17, 15) is 9.59 Å². The van der Waals surface area contributed by atoms with E-state index in [0.717, 1.165) is 28.9 Å². The molecule has 33 heavy (non-hydrogen) atoms. The number of nitrogens with one attached hydrogen (secondary N) is 1. The van der Waals surface area contributed by atoms with Gasteiger partial charge in [-0.25, -0.2) is 0 Å². The minimum absolute atomic E-state index is 0.0791. The highest BCUT2D eigenvalue weighted by Crippen LogP contribution is 2.18. The van der Waals surface area contributed by atoms with Crippen LogP contribution in [0.2, 0.25) is 0 Å². The zero-order valence-electron chi connectivity index (χ0n) is 19.4. The van der Waals surface area contributed by atoms with Crippen LogP contribution in [-0.2, 0) is 29.0 Å². The second-order valence-electron chi connectivity index (χ2n) is 8.03. The van der Waals surface area contributed by atoms with Crippen LogP contribution in [0.15, 0.2) is 84.9 Å². The van der Waals surface area contributed by atoms with Crippen LogP contribution < -0.4 is 10.1 Å². The van der Waals surface area contributed by atoms with Gasteiger partial charge in [0.2, 0.25) is 11.8 Å². The number of carbonyl (C=O) groups excluding carboxylic acids is 2. The highest BCUT2D eigenvalue weighted by Gasteiger charge is 2.30. The fourth-order valence-electron chi connectivity index (χ4n) is 3.72. The van der Waals surface area contributed by atoms with Crippen molar-refractivity contribution in [2.45, 2.75) is 38.8 Å². The van der Waals surface area contributed by atoms with E-state index in [-0.39, 0.29) is 18.2 Å². The molecule has 0 saturated heterocycles. The third-order valence-corrected chi connectivity index (χ3v) is 5.53. The van der Waals surface area contributed by atoms with Gasteiger partial charge in [-0.05, 0) is 35.2 Å². The Morgan fingerprint density at radius 3 is 2.03 bits per heavy atom. The number of rotatable bonds is 11. The van der Waals surface area contributed by atoms with Crippen molar-refractivity contribution >= 4 is 11.8 Å². The van der Waals surface area contributed by atoms with Crippen molar-refractivity contribution in [2.75, 3.05) is 13.7 Å².